The van der Waals surface area contributed by atoms with Gasteiger partial charge in [0.05, 0.1) is 13.2 Å². The van der Waals surface area contributed by atoms with Crippen LogP contribution in [0.4, 0.5) is 10.1 Å². The SMILES string of the molecule is NC(=O)C1COCCN1c1cccc(F)c1/C=C/C(=O)O. The van der Waals surface area contributed by atoms with Crippen molar-refractivity contribution in [3.8, 4) is 0 Å². The summed E-state index contributed by atoms with van der Waals surface area (Å²) in [7, 11) is 0. The van der Waals surface area contributed by atoms with Gasteiger partial charge in [-0.05, 0) is 18.2 Å². The Morgan fingerprint density at radius 2 is 2.24 bits per heavy atom. The number of halogens is 1. The maximum Gasteiger partial charge on any atom is 0.328 e. The first-order chi connectivity index (χ1) is 10.0. The molecule has 2 rings (SSSR count). The van der Waals surface area contributed by atoms with Gasteiger partial charge in [-0.1, -0.05) is 6.07 Å². The molecule has 1 saturated heterocycles. The number of carbonyl (C=O) groups excluding carboxylic acids is 1. The largest absolute Gasteiger partial charge is 0.478 e. The minimum Gasteiger partial charge on any atom is -0.478 e. The van der Waals surface area contributed by atoms with E-state index < -0.39 is 23.7 Å². The first-order valence-corrected chi connectivity index (χ1v) is 6.34. The van der Waals surface area contributed by atoms with Gasteiger partial charge in [0.1, 0.15) is 11.9 Å². The van der Waals surface area contributed by atoms with Crippen molar-refractivity contribution in [1.29, 1.82) is 0 Å². The summed E-state index contributed by atoms with van der Waals surface area (Å²) in [5.41, 5.74) is 5.86. The lowest BCUT2D eigenvalue weighted by molar-refractivity contribution is -0.131. The average Bonchev–Trinajstić information content (AvgIpc) is 2.45. The smallest absolute Gasteiger partial charge is 0.328 e. The van der Waals surface area contributed by atoms with Gasteiger partial charge in [0.25, 0.3) is 0 Å². The molecule has 0 saturated carbocycles. The third-order valence-corrected chi connectivity index (χ3v) is 3.19. The van der Waals surface area contributed by atoms with Crippen molar-refractivity contribution in [3.05, 3.63) is 35.7 Å². The topological polar surface area (TPSA) is 92.9 Å². The summed E-state index contributed by atoms with van der Waals surface area (Å²) >= 11 is 0. The van der Waals surface area contributed by atoms with Gasteiger partial charge in [-0.15, -0.1) is 0 Å². The number of hydrogen-bond donors (Lipinski definition) is 2. The second-order valence-corrected chi connectivity index (χ2v) is 4.53. The Balaban J connectivity index is 2.44. The van der Waals surface area contributed by atoms with E-state index in [4.69, 9.17) is 15.6 Å². The van der Waals surface area contributed by atoms with E-state index >= 15 is 0 Å². The van der Waals surface area contributed by atoms with Crippen LogP contribution in [0.1, 0.15) is 5.56 Å². The maximum atomic E-state index is 14.0. The molecule has 0 spiro atoms. The summed E-state index contributed by atoms with van der Waals surface area (Å²) in [4.78, 5) is 23.8. The number of carbonyl (C=O) groups is 2. The van der Waals surface area contributed by atoms with Gasteiger partial charge in [0.2, 0.25) is 5.91 Å². The number of carboxylic acids is 1. The van der Waals surface area contributed by atoms with Crippen molar-refractivity contribution in [3.63, 3.8) is 0 Å². The molecule has 1 aromatic carbocycles. The molecule has 0 aromatic heterocycles. The number of carboxylic acid groups (broad SMARTS) is 1. The van der Waals surface area contributed by atoms with E-state index in [0.717, 1.165) is 6.08 Å². The Bertz CT molecular complexity index is 588. The number of aliphatic carboxylic acids is 1. The van der Waals surface area contributed by atoms with Crippen LogP contribution in [0.2, 0.25) is 0 Å². The molecule has 1 amide bonds. The van der Waals surface area contributed by atoms with E-state index in [-0.39, 0.29) is 12.2 Å². The fourth-order valence-electron chi connectivity index (χ4n) is 2.22. The van der Waals surface area contributed by atoms with Crippen LogP contribution in [0, 0.1) is 5.82 Å². The number of rotatable bonds is 4. The summed E-state index contributed by atoms with van der Waals surface area (Å²) in [6.07, 6.45) is 2.02. The van der Waals surface area contributed by atoms with E-state index in [1.54, 1.807) is 11.0 Å². The van der Waals surface area contributed by atoms with Gasteiger partial charge >= 0.3 is 5.97 Å². The first kappa shape index (κ1) is 15.0. The number of primary amides is 1. The highest BCUT2D eigenvalue weighted by Gasteiger charge is 2.29. The predicted octanol–water partition coefficient (Wildman–Crippen LogP) is 0.614. The molecule has 1 aromatic rings. The Morgan fingerprint density at radius 1 is 1.48 bits per heavy atom. The van der Waals surface area contributed by atoms with Crippen molar-refractivity contribution < 1.29 is 23.8 Å². The summed E-state index contributed by atoms with van der Waals surface area (Å²) < 4.78 is 19.2. The lowest BCUT2D eigenvalue weighted by Crippen LogP contribution is -2.52. The third-order valence-electron chi connectivity index (χ3n) is 3.19. The number of morpholine rings is 1. The van der Waals surface area contributed by atoms with Gasteiger partial charge in [-0.2, -0.15) is 0 Å². The summed E-state index contributed by atoms with van der Waals surface area (Å²) in [6, 6.07) is 3.63. The number of ether oxygens (including phenoxy) is 1. The molecule has 7 heteroatoms. The van der Waals surface area contributed by atoms with Crippen LogP contribution in [0.25, 0.3) is 6.08 Å². The van der Waals surface area contributed by atoms with Crippen LogP contribution >= 0.6 is 0 Å². The van der Waals surface area contributed by atoms with Gasteiger partial charge in [0, 0.05) is 23.9 Å². The standard InChI is InChI=1S/C14H15FN2O4/c15-10-2-1-3-11(9(10)4-5-13(18)19)17-6-7-21-8-12(17)14(16)20/h1-5,12H,6-8H2,(H2,16,20)(H,18,19)/b5-4+. The Kier molecular flexibility index (Phi) is 4.54. The van der Waals surface area contributed by atoms with E-state index in [1.165, 1.54) is 18.2 Å². The molecule has 0 bridgehead atoms. The molecule has 1 aliphatic rings. The summed E-state index contributed by atoms with van der Waals surface area (Å²) in [6.45, 7) is 0.862. The molecule has 1 fully saturated rings. The van der Waals surface area contributed by atoms with Gasteiger partial charge in [-0.3, -0.25) is 4.79 Å². The highest BCUT2D eigenvalue weighted by Crippen LogP contribution is 2.27. The number of nitrogens with zero attached hydrogens (tertiary/aromatic N) is 1. The Labute approximate surface area is 120 Å². The van der Waals surface area contributed by atoms with E-state index in [9.17, 15) is 14.0 Å². The molecular formula is C14H15FN2O4. The number of hydrogen-bond acceptors (Lipinski definition) is 4. The van der Waals surface area contributed by atoms with Crippen LogP contribution < -0.4 is 10.6 Å². The Hall–Kier alpha value is -2.41. The quantitative estimate of drug-likeness (QED) is 0.794. The van der Waals surface area contributed by atoms with E-state index in [0.29, 0.717) is 18.8 Å². The maximum absolute atomic E-state index is 14.0. The van der Waals surface area contributed by atoms with Crippen molar-refractivity contribution in [2.24, 2.45) is 5.73 Å². The summed E-state index contributed by atoms with van der Waals surface area (Å²) in [5.74, 6) is -2.33. The number of anilines is 1. The fourth-order valence-corrected chi connectivity index (χ4v) is 2.22. The second-order valence-electron chi connectivity index (χ2n) is 4.53. The van der Waals surface area contributed by atoms with E-state index in [2.05, 4.69) is 0 Å². The highest BCUT2D eigenvalue weighted by atomic mass is 19.1. The predicted molar refractivity (Wildman–Crippen MR) is 74.2 cm³/mol. The van der Waals surface area contributed by atoms with Crippen molar-refractivity contribution in [2.75, 3.05) is 24.7 Å². The first-order valence-electron chi connectivity index (χ1n) is 6.34. The average molecular weight is 294 g/mol. The molecule has 6 nitrogen and oxygen atoms in total. The number of nitrogens with two attached hydrogens (primary N) is 1. The second kappa shape index (κ2) is 6.36. The zero-order valence-electron chi connectivity index (χ0n) is 11.2. The van der Waals surface area contributed by atoms with Gasteiger partial charge < -0.3 is 20.5 Å². The molecular weight excluding hydrogens is 279 g/mol. The molecule has 0 radical (unpaired) electrons. The molecule has 21 heavy (non-hydrogen) atoms. The molecule has 112 valence electrons. The lowest BCUT2D eigenvalue weighted by atomic mass is 10.1. The highest BCUT2D eigenvalue weighted by molar-refractivity contribution is 5.89. The molecule has 1 atom stereocenters. The van der Waals surface area contributed by atoms with Crippen LogP contribution in [-0.2, 0) is 14.3 Å². The van der Waals surface area contributed by atoms with Crippen molar-refractivity contribution in [1.82, 2.24) is 0 Å². The lowest BCUT2D eigenvalue weighted by Gasteiger charge is -2.36. The number of amides is 1. The molecule has 0 aliphatic carbocycles. The number of benzene rings is 1. The zero-order valence-corrected chi connectivity index (χ0v) is 11.2. The van der Waals surface area contributed by atoms with Crippen LogP contribution in [0.3, 0.4) is 0 Å². The fraction of sp³-hybridized carbons (Fsp3) is 0.286. The van der Waals surface area contributed by atoms with Crippen LogP contribution in [0.15, 0.2) is 24.3 Å². The Morgan fingerprint density at radius 3 is 2.90 bits per heavy atom. The minimum atomic E-state index is -1.18. The monoisotopic (exact) mass is 294 g/mol. The normalized spacial score (nSPS) is 18.9. The minimum absolute atomic E-state index is 0.105. The van der Waals surface area contributed by atoms with Crippen LogP contribution in [0.5, 0.6) is 0 Å². The van der Waals surface area contributed by atoms with Gasteiger partial charge in [-0.25, -0.2) is 9.18 Å². The molecule has 3 N–H and O–H groups in total. The van der Waals surface area contributed by atoms with Crippen molar-refractivity contribution in [2.45, 2.75) is 6.04 Å². The van der Waals surface area contributed by atoms with Crippen molar-refractivity contribution >= 4 is 23.6 Å². The zero-order chi connectivity index (χ0) is 15.4. The van der Waals surface area contributed by atoms with Crippen LogP contribution in [-0.4, -0.2) is 42.8 Å². The third kappa shape index (κ3) is 3.38. The van der Waals surface area contributed by atoms with E-state index in [1.807, 2.05) is 0 Å². The molecule has 1 heterocycles. The van der Waals surface area contributed by atoms with Gasteiger partial charge in [0.15, 0.2) is 0 Å². The molecule has 1 unspecified atom stereocenters. The summed E-state index contributed by atoms with van der Waals surface area (Å²) in [5, 5.41) is 8.69. The molecule has 1 aliphatic heterocycles.